The number of hydrogen-bond donors (Lipinski definition) is 1. The van der Waals surface area contributed by atoms with Crippen LogP contribution in [0, 0.1) is 0 Å². The summed E-state index contributed by atoms with van der Waals surface area (Å²) >= 11 is 0. The summed E-state index contributed by atoms with van der Waals surface area (Å²) in [5.41, 5.74) is 6.75. The molecule has 0 spiro atoms. The largest absolute Gasteiger partial charge is 0.326 e. The molecule has 0 aliphatic heterocycles. The van der Waals surface area contributed by atoms with Crippen LogP contribution in [0.15, 0.2) is 64.5 Å². The van der Waals surface area contributed by atoms with Crippen LogP contribution >= 0.6 is 0 Å². The Morgan fingerprint density at radius 1 is 0.929 bits per heavy atom. The van der Waals surface area contributed by atoms with Gasteiger partial charge < -0.3 is 5.73 Å². The van der Waals surface area contributed by atoms with Gasteiger partial charge in [-0.2, -0.15) is 0 Å². The number of nitrogens with two attached hydrogens (primary N) is 1. The van der Waals surface area contributed by atoms with Gasteiger partial charge in [0.05, 0.1) is 16.2 Å². The first kappa shape index (κ1) is 20.6. The van der Waals surface area contributed by atoms with Crippen molar-refractivity contribution < 1.29 is 16.8 Å². The van der Waals surface area contributed by atoms with Crippen LogP contribution in [0.4, 0.5) is 0 Å². The molecule has 3 aromatic rings. The SMILES string of the molecule is CCCCCS(=O)(=O)c1cc2ccc(CN)cc2n1S(=O)(=O)c1ccccc1. The van der Waals surface area contributed by atoms with Gasteiger partial charge >= 0.3 is 0 Å². The fraction of sp³-hybridized carbons (Fsp3) is 0.300. The van der Waals surface area contributed by atoms with Crippen LogP contribution in [0.3, 0.4) is 0 Å². The van der Waals surface area contributed by atoms with Gasteiger partial charge in [0.2, 0.25) is 0 Å². The lowest BCUT2D eigenvalue weighted by Crippen LogP contribution is -2.20. The van der Waals surface area contributed by atoms with Gasteiger partial charge in [-0.1, -0.05) is 50.1 Å². The van der Waals surface area contributed by atoms with Crippen molar-refractivity contribution >= 4 is 30.8 Å². The summed E-state index contributed by atoms with van der Waals surface area (Å²) in [5.74, 6) is -0.0920. The summed E-state index contributed by atoms with van der Waals surface area (Å²) in [6.45, 7) is 2.21. The Morgan fingerprint density at radius 2 is 1.64 bits per heavy atom. The van der Waals surface area contributed by atoms with E-state index in [1.165, 1.54) is 18.2 Å². The molecule has 0 fully saturated rings. The molecule has 1 heterocycles. The number of aromatic nitrogens is 1. The molecular weight excluding hydrogens is 396 g/mol. The number of fused-ring (bicyclic) bond motifs is 1. The van der Waals surface area contributed by atoms with Crippen molar-refractivity contribution in [3.63, 3.8) is 0 Å². The van der Waals surface area contributed by atoms with Crippen LogP contribution in [-0.4, -0.2) is 26.6 Å². The first-order chi connectivity index (χ1) is 13.3. The topological polar surface area (TPSA) is 99.2 Å². The number of rotatable bonds is 8. The minimum Gasteiger partial charge on any atom is -0.326 e. The van der Waals surface area contributed by atoms with E-state index in [0.717, 1.165) is 22.4 Å². The molecule has 0 atom stereocenters. The molecule has 150 valence electrons. The van der Waals surface area contributed by atoms with Crippen molar-refractivity contribution in [3.8, 4) is 0 Å². The molecule has 0 amide bonds. The first-order valence-electron chi connectivity index (χ1n) is 9.19. The molecule has 0 saturated carbocycles. The highest BCUT2D eigenvalue weighted by Gasteiger charge is 2.29. The van der Waals surface area contributed by atoms with Crippen LogP contribution in [-0.2, 0) is 26.4 Å². The highest BCUT2D eigenvalue weighted by molar-refractivity contribution is 7.93. The van der Waals surface area contributed by atoms with E-state index in [2.05, 4.69) is 0 Å². The maximum absolute atomic E-state index is 13.4. The van der Waals surface area contributed by atoms with E-state index < -0.39 is 19.9 Å². The summed E-state index contributed by atoms with van der Waals surface area (Å²) in [4.78, 5) is 0.0376. The summed E-state index contributed by atoms with van der Waals surface area (Å²) in [5, 5.41) is 0.349. The van der Waals surface area contributed by atoms with E-state index in [0.29, 0.717) is 17.3 Å². The Balaban J connectivity index is 2.29. The summed E-state index contributed by atoms with van der Waals surface area (Å²) in [7, 11) is -7.88. The van der Waals surface area contributed by atoms with E-state index >= 15 is 0 Å². The van der Waals surface area contributed by atoms with Crippen molar-refractivity contribution in [1.82, 2.24) is 3.97 Å². The minimum absolute atomic E-state index is 0.0376. The lowest BCUT2D eigenvalue weighted by Gasteiger charge is -2.13. The number of nitrogens with zero attached hydrogens (tertiary/aromatic N) is 1. The number of unbranched alkanes of at least 4 members (excludes halogenated alkanes) is 2. The monoisotopic (exact) mass is 420 g/mol. The minimum atomic E-state index is -4.09. The molecule has 2 aromatic carbocycles. The zero-order valence-corrected chi connectivity index (χ0v) is 17.3. The Morgan fingerprint density at radius 3 is 2.29 bits per heavy atom. The maximum Gasteiger partial charge on any atom is 0.269 e. The molecule has 2 N–H and O–H groups in total. The molecule has 0 aliphatic rings. The Kier molecular flexibility index (Phi) is 5.92. The highest BCUT2D eigenvalue weighted by Crippen LogP contribution is 2.30. The first-order valence-corrected chi connectivity index (χ1v) is 12.3. The average molecular weight is 421 g/mol. The van der Waals surface area contributed by atoms with Crippen molar-refractivity contribution in [1.29, 1.82) is 0 Å². The maximum atomic E-state index is 13.4. The van der Waals surface area contributed by atoms with Gasteiger partial charge in [0.1, 0.15) is 0 Å². The normalized spacial score (nSPS) is 12.5. The molecule has 0 unspecified atom stereocenters. The van der Waals surface area contributed by atoms with Crippen molar-refractivity contribution in [2.75, 3.05) is 5.75 Å². The summed E-state index contributed by atoms with van der Waals surface area (Å²) < 4.78 is 53.7. The molecule has 28 heavy (non-hydrogen) atoms. The molecule has 6 nitrogen and oxygen atoms in total. The molecule has 8 heteroatoms. The zero-order valence-electron chi connectivity index (χ0n) is 15.7. The van der Waals surface area contributed by atoms with Gasteiger partial charge in [-0.15, -0.1) is 0 Å². The quantitative estimate of drug-likeness (QED) is 0.564. The van der Waals surface area contributed by atoms with E-state index in [1.807, 2.05) is 6.92 Å². The van der Waals surface area contributed by atoms with E-state index in [9.17, 15) is 16.8 Å². The third-order valence-corrected chi connectivity index (χ3v) is 8.27. The van der Waals surface area contributed by atoms with Crippen LogP contribution in [0.2, 0.25) is 0 Å². The van der Waals surface area contributed by atoms with Gasteiger partial charge in [0.15, 0.2) is 14.9 Å². The summed E-state index contributed by atoms with van der Waals surface area (Å²) in [6, 6.07) is 14.4. The highest BCUT2D eigenvalue weighted by atomic mass is 32.2. The van der Waals surface area contributed by atoms with Gasteiger partial charge in [0.25, 0.3) is 10.0 Å². The standard InChI is InChI=1S/C20H24N2O4S2/c1-2-3-7-12-27(23,24)20-14-17-11-10-16(15-21)13-19(17)22(20)28(25,26)18-8-5-4-6-9-18/h4-6,8-11,13-14H,2-3,7,12,15,21H2,1H3. The molecule has 0 radical (unpaired) electrons. The second-order valence-corrected chi connectivity index (χ2v) is 10.5. The predicted molar refractivity (Wildman–Crippen MR) is 110 cm³/mol. The van der Waals surface area contributed by atoms with E-state index in [1.54, 1.807) is 36.4 Å². The van der Waals surface area contributed by atoms with Crippen molar-refractivity contribution in [2.45, 2.75) is 42.7 Å². The Labute approximate surface area is 166 Å². The van der Waals surface area contributed by atoms with E-state index in [-0.39, 0.29) is 22.2 Å². The predicted octanol–water partition coefficient (Wildman–Crippen LogP) is 3.30. The molecule has 3 rings (SSSR count). The van der Waals surface area contributed by atoms with Gasteiger partial charge in [-0.25, -0.2) is 20.8 Å². The lowest BCUT2D eigenvalue weighted by molar-refractivity contribution is 0.571. The van der Waals surface area contributed by atoms with Gasteiger partial charge in [-0.05, 0) is 36.2 Å². The third-order valence-electron chi connectivity index (χ3n) is 4.65. The second kappa shape index (κ2) is 8.06. The molecule has 0 saturated heterocycles. The molecule has 0 bridgehead atoms. The van der Waals surface area contributed by atoms with Gasteiger partial charge in [0, 0.05) is 11.9 Å². The third kappa shape index (κ3) is 3.85. The average Bonchev–Trinajstić information content (AvgIpc) is 3.09. The van der Waals surface area contributed by atoms with Crippen molar-refractivity contribution in [3.05, 3.63) is 60.2 Å². The number of hydrogen-bond acceptors (Lipinski definition) is 5. The molecule has 0 aliphatic carbocycles. The summed E-state index contributed by atoms with van der Waals surface area (Å²) in [6.07, 6.45) is 2.13. The van der Waals surface area contributed by atoms with Crippen LogP contribution in [0.25, 0.3) is 10.9 Å². The van der Waals surface area contributed by atoms with Crippen LogP contribution in [0.1, 0.15) is 31.7 Å². The number of benzene rings is 2. The Bertz CT molecular complexity index is 1180. The fourth-order valence-electron chi connectivity index (χ4n) is 3.13. The Hall–Kier alpha value is -2.16. The lowest BCUT2D eigenvalue weighted by atomic mass is 10.2. The van der Waals surface area contributed by atoms with Crippen LogP contribution in [0.5, 0.6) is 0 Å². The van der Waals surface area contributed by atoms with E-state index in [4.69, 9.17) is 5.73 Å². The van der Waals surface area contributed by atoms with Crippen molar-refractivity contribution in [2.24, 2.45) is 5.73 Å². The zero-order chi connectivity index (χ0) is 20.4. The molecule has 1 aromatic heterocycles. The second-order valence-electron chi connectivity index (χ2n) is 6.69. The van der Waals surface area contributed by atoms with Crippen LogP contribution < -0.4 is 5.73 Å². The van der Waals surface area contributed by atoms with Gasteiger partial charge in [-0.3, -0.25) is 0 Å². The molecular formula is C20H24N2O4S2. The number of sulfone groups is 1. The fourth-order valence-corrected chi connectivity index (χ4v) is 6.64. The smallest absolute Gasteiger partial charge is 0.269 e.